The fourth-order valence-corrected chi connectivity index (χ4v) is 1.64. The lowest BCUT2D eigenvalue weighted by atomic mass is 10.0. The lowest BCUT2D eigenvalue weighted by molar-refractivity contribution is 0.116. The Morgan fingerprint density at radius 2 is 2.17 bits per heavy atom. The lowest BCUT2D eigenvalue weighted by Gasteiger charge is -2.08. The van der Waals surface area contributed by atoms with Crippen LogP contribution in [0.25, 0.3) is 0 Å². The fraction of sp³-hybridized carbons (Fsp3) is 0.533. The van der Waals surface area contributed by atoms with Crippen LogP contribution in [0.15, 0.2) is 36.0 Å². The van der Waals surface area contributed by atoms with Gasteiger partial charge in [0.2, 0.25) is 0 Å². The smallest absolute Gasteiger partial charge is 0.430 e. The molecule has 3 heteroatoms. The summed E-state index contributed by atoms with van der Waals surface area (Å²) < 4.78 is 9.68. The average molecular weight is 252 g/mol. The van der Waals surface area contributed by atoms with Crippen molar-refractivity contribution < 1.29 is 14.3 Å². The Balaban J connectivity index is 0.00000137. The molecule has 0 saturated carbocycles. The van der Waals surface area contributed by atoms with Crippen molar-refractivity contribution in [2.75, 3.05) is 6.61 Å². The zero-order valence-electron chi connectivity index (χ0n) is 11.9. The summed E-state index contributed by atoms with van der Waals surface area (Å²) in [6.45, 7) is 12.2. The molecule has 0 spiro atoms. The van der Waals surface area contributed by atoms with Gasteiger partial charge in [0.1, 0.15) is 12.7 Å². The van der Waals surface area contributed by atoms with E-state index in [1.54, 1.807) is 0 Å². The molecule has 0 N–H and O–H groups in total. The molecule has 1 fully saturated rings. The van der Waals surface area contributed by atoms with Crippen LogP contribution in [0.5, 0.6) is 0 Å². The minimum atomic E-state index is -0.556. The van der Waals surface area contributed by atoms with Crippen LogP contribution in [-0.4, -0.2) is 18.9 Å². The molecule has 3 nitrogen and oxygen atoms in total. The van der Waals surface area contributed by atoms with Gasteiger partial charge in [0.15, 0.2) is 0 Å². The number of allylic oxidation sites excluding steroid dienone is 5. The van der Waals surface area contributed by atoms with E-state index < -0.39 is 6.16 Å². The van der Waals surface area contributed by atoms with E-state index in [1.165, 1.54) is 11.1 Å². The van der Waals surface area contributed by atoms with Gasteiger partial charge in [-0.15, -0.1) is 0 Å². The largest absolute Gasteiger partial charge is 0.508 e. The van der Waals surface area contributed by atoms with E-state index in [9.17, 15) is 4.79 Å². The fourth-order valence-electron chi connectivity index (χ4n) is 1.64. The number of hydrogen-bond acceptors (Lipinski definition) is 3. The second-order valence-electron chi connectivity index (χ2n) is 3.75. The summed E-state index contributed by atoms with van der Waals surface area (Å²) in [7, 11) is 0. The minimum absolute atomic E-state index is 0.110. The topological polar surface area (TPSA) is 35.5 Å². The van der Waals surface area contributed by atoms with Gasteiger partial charge < -0.3 is 9.47 Å². The molecular weight excluding hydrogens is 228 g/mol. The molecule has 1 unspecified atom stereocenters. The molecule has 1 saturated heterocycles. The maximum Gasteiger partial charge on any atom is 0.508 e. The Kier molecular flexibility index (Phi) is 8.71. The van der Waals surface area contributed by atoms with E-state index >= 15 is 0 Å². The molecule has 0 aromatic heterocycles. The van der Waals surface area contributed by atoms with Gasteiger partial charge in [-0.05, 0) is 37.8 Å². The van der Waals surface area contributed by atoms with Crippen LogP contribution in [0.2, 0.25) is 0 Å². The first-order valence-corrected chi connectivity index (χ1v) is 6.45. The normalized spacial score (nSPS) is 19.6. The Hall–Kier alpha value is -1.51. The van der Waals surface area contributed by atoms with Gasteiger partial charge in [-0.3, -0.25) is 0 Å². The van der Waals surface area contributed by atoms with Crippen molar-refractivity contribution in [2.45, 2.75) is 46.6 Å². The lowest BCUT2D eigenvalue weighted by Crippen LogP contribution is -2.09. The molecule has 1 heterocycles. The molecule has 0 aliphatic carbocycles. The highest BCUT2D eigenvalue weighted by atomic mass is 16.8. The standard InChI is InChI=1S/C13H18O3.C2H6/c1-4-6-10(3)11(5-2)7-8-12-9-15-13(14)16-12;1-2/h4-6,12H,2,7-9H2,1,3H3;1-2H3/b6-4-,11-10+;. The first-order chi connectivity index (χ1) is 8.67. The molecule has 102 valence electrons. The predicted octanol–water partition coefficient (Wildman–Crippen LogP) is 4.41. The third-order valence-electron chi connectivity index (χ3n) is 2.56. The third-order valence-corrected chi connectivity index (χ3v) is 2.56. The molecule has 1 aliphatic rings. The van der Waals surface area contributed by atoms with Gasteiger partial charge in [-0.25, -0.2) is 4.79 Å². The average Bonchev–Trinajstić information content (AvgIpc) is 2.79. The van der Waals surface area contributed by atoms with Gasteiger partial charge in [-0.1, -0.05) is 38.7 Å². The molecule has 0 aromatic carbocycles. The maximum absolute atomic E-state index is 10.7. The summed E-state index contributed by atoms with van der Waals surface area (Å²) >= 11 is 0. The molecule has 1 atom stereocenters. The number of carbonyl (C=O) groups is 1. The molecule has 0 radical (unpaired) electrons. The first-order valence-electron chi connectivity index (χ1n) is 6.45. The number of cyclic esters (lactones) is 2. The molecular formula is C15H24O3. The van der Waals surface area contributed by atoms with Crippen LogP contribution in [0.4, 0.5) is 4.79 Å². The zero-order chi connectivity index (χ0) is 14.0. The SMILES string of the molecule is C=C/C(CCC1COC(=O)O1)=C(C)\C=C/C.CC. The summed E-state index contributed by atoms with van der Waals surface area (Å²) in [5.74, 6) is 0. The Morgan fingerprint density at radius 3 is 2.61 bits per heavy atom. The molecule has 1 aliphatic heterocycles. The monoisotopic (exact) mass is 252 g/mol. The summed E-state index contributed by atoms with van der Waals surface area (Å²) in [6, 6.07) is 0. The second-order valence-corrected chi connectivity index (χ2v) is 3.75. The maximum atomic E-state index is 10.7. The summed E-state index contributed by atoms with van der Waals surface area (Å²) in [6.07, 6.45) is 6.86. The van der Waals surface area contributed by atoms with Gasteiger partial charge in [0, 0.05) is 0 Å². The molecule has 18 heavy (non-hydrogen) atoms. The second kappa shape index (κ2) is 9.51. The number of hydrogen-bond donors (Lipinski definition) is 0. The van der Waals surface area contributed by atoms with E-state index in [1.807, 2.05) is 45.9 Å². The van der Waals surface area contributed by atoms with Gasteiger partial charge >= 0.3 is 6.16 Å². The van der Waals surface area contributed by atoms with Crippen molar-refractivity contribution in [3.8, 4) is 0 Å². The van der Waals surface area contributed by atoms with Crippen LogP contribution < -0.4 is 0 Å². The van der Waals surface area contributed by atoms with Crippen molar-refractivity contribution in [3.05, 3.63) is 36.0 Å². The molecule has 0 bridgehead atoms. The van der Waals surface area contributed by atoms with E-state index in [0.717, 1.165) is 12.8 Å². The van der Waals surface area contributed by atoms with Crippen LogP contribution in [-0.2, 0) is 9.47 Å². The van der Waals surface area contributed by atoms with E-state index in [2.05, 4.69) is 6.58 Å². The highest BCUT2D eigenvalue weighted by Crippen LogP contribution is 2.18. The van der Waals surface area contributed by atoms with E-state index in [4.69, 9.17) is 9.47 Å². The summed E-state index contributed by atoms with van der Waals surface area (Å²) in [5, 5.41) is 0. The summed E-state index contributed by atoms with van der Waals surface area (Å²) in [4.78, 5) is 10.7. The predicted molar refractivity (Wildman–Crippen MR) is 74.5 cm³/mol. The molecule has 1 rings (SSSR count). The van der Waals surface area contributed by atoms with Crippen molar-refractivity contribution in [1.82, 2.24) is 0 Å². The molecule has 0 aromatic rings. The van der Waals surface area contributed by atoms with Crippen LogP contribution in [0.3, 0.4) is 0 Å². The van der Waals surface area contributed by atoms with Crippen LogP contribution in [0, 0.1) is 0 Å². The van der Waals surface area contributed by atoms with Gasteiger partial charge in [0.05, 0.1) is 0 Å². The quantitative estimate of drug-likeness (QED) is 0.537. The number of carbonyl (C=O) groups excluding carboxylic acids is 1. The first kappa shape index (κ1) is 16.5. The van der Waals surface area contributed by atoms with E-state index in [0.29, 0.717) is 6.61 Å². The van der Waals surface area contributed by atoms with Crippen LogP contribution in [0.1, 0.15) is 40.5 Å². The minimum Gasteiger partial charge on any atom is -0.430 e. The molecule has 0 amide bonds. The Morgan fingerprint density at radius 1 is 1.50 bits per heavy atom. The van der Waals surface area contributed by atoms with Gasteiger partial charge in [-0.2, -0.15) is 0 Å². The highest BCUT2D eigenvalue weighted by Gasteiger charge is 2.24. The Bertz CT molecular complexity index is 327. The highest BCUT2D eigenvalue weighted by molar-refractivity contribution is 5.61. The third kappa shape index (κ3) is 5.71. The van der Waals surface area contributed by atoms with Crippen molar-refractivity contribution in [2.24, 2.45) is 0 Å². The number of rotatable bonds is 5. The Labute approximate surface area is 110 Å². The van der Waals surface area contributed by atoms with Gasteiger partial charge in [0.25, 0.3) is 0 Å². The summed E-state index contributed by atoms with van der Waals surface area (Å²) in [5.41, 5.74) is 2.38. The van der Waals surface area contributed by atoms with Crippen molar-refractivity contribution >= 4 is 6.16 Å². The van der Waals surface area contributed by atoms with E-state index in [-0.39, 0.29) is 6.10 Å². The van der Waals surface area contributed by atoms with Crippen molar-refractivity contribution in [1.29, 1.82) is 0 Å². The zero-order valence-corrected chi connectivity index (χ0v) is 11.9. The number of ether oxygens (including phenoxy) is 2. The van der Waals surface area contributed by atoms with Crippen LogP contribution >= 0.6 is 0 Å². The van der Waals surface area contributed by atoms with Crippen molar-refractivity contribution in [3.63, 3.8) is 0 Å².